The van der Waals surface area contributed by atoms with Crippen molar-refractivity contribution in [3.8, 4) is 0 Å². The molecule has 3 aliphatic rings. The molecule has 0 radical (unpaired) electrons. The summed E-state index contributed by atoms with van der Waals surface area (Å²) in [5, 5.41) is 38.1. The minimum Gasteiger partial charge on any atom is -0.481 e. The Bertz CT molecular complexity index is 1770. The van der Waals surface area contributed by atoms with E-state index in [-0.39, 0.29) is 47.8 Å². The summed E-state index contributed by atoms with van der Waals surface area (Å²) in [6.45, 7) is 7.47. The number of hydrogen-bond acceptors (Lipinski definition) is 6. The lowest BCUT2D eigenvalue weighted by Gasteiger charge is -2.25. The quantitative estimate of drug-likeness (QED) is 0.0711. The summed E-state index contributed by atoms with van der Waals surface area (Å²) in [5.74, 6) is -1.18. The summed E-state index contributed by atoms with van der Waals surface area (Å²) in [6, 6.07) is -0.859. The van der Waals surface area contributed by atoms with Crippen LogP contribution < -0.4 is 21.3 Å². The first-order valence-electron chi connectivity index (χ1n) is 15.4. The Hall–Kier alpha value is -3.68. The third kappa shape index (κ3) is 6.72. The Morgan fingerprint density at radius 2 is 1.80 bits per heavy atom. The van der Waals surface area contributed by atoms with Crippen molar-refractivity contribution in [2.24, 2.45) is 11.8 Å². The molecule has 0 spiro atoms. The van der Waals surface area contributed by atoms with Crippen molar-refractivity contribution >= 4 is 66.4 Å². The fourth-order valence-corrected chi connectivity index (χ4v) is 7.83. The monoisotopic (exact) mass is 669 g/mol. The van der Waals surface area contributed by atoms with Crippen LogP contribution in [0.4, 0.5) is 0 Å². The maximum atomic E-state index is 12.7. The van der Waals surface area contributed by atoms with Gasteiger partial charge in [-0.15, -0.1) is 0 Å². The number of aromatic amines is 2. The first-order chi connectivity index (χ1) is 21.8. The lowest BCUT2D eigenvalue weighted by Crippen LogP contribution is -2.36. The highest BCUT2D eigenvalue weighted by atomic mass is 32.2. The summed E-state index contributed by atoms with van der Waals surface area (Å²) in [4.78, 5) is 55.1. The van der Waals surface area contributed by atoms with Gasteiger partial charge in [0.25, 0.3) is 5.91 Å². The molecule has 0 bridgehead atoms. The van der Waals surface area contributed by atoms with Gasteiger partial charge in [-0.2, -0.15) is 12.6 Å². The van der Waals surface area contributed by atoms with Crippen molar-refractivity contribution in [3.63, 3.8) is 0 Å². The molecule has 246 valence electrons. The SMILES string of the molecule is CC1=C([C@H]2C[SH+]2)C(=O)N[C@@H]1/C=c1\[nH]/c(=C/c2[nH]c([C@H](O)C3NC(=O)[C@H](C)[C@H]3CCS)c(C)c2/C=C/C(=O)O)c(CCC(=O)O)c1C. The summed E-state index contributed by atoms with van der Waals surface area (Å²) < 4.78 is 0. The highest BCUT2D eigenvalue weighted by Gasteiger charge is 2.46. The molecule has 6 atom stereocenters. The minimum absolute atomic E-state index is 0.0527. The molecule has 11 nitrogen and oxygen atoms in total. The number of rotatable bonds is 12. The Labute approximate surface area is 276 Å². The smallest absolute Gasteiger partial charge is 0.328 e. The molecule has 0 saturated carbocycles. The minimum atomic E-state index is -1.14. The first kappa shape index (κ1) is 33.7. The highest BCUT2D eigenvalue weighted by Crippen LogP contribution is 2.36. The van der Waals surface area contributed by atoms with Gasteiger partial charge in [-0.05, 0) is 97.5 Å². The Kier molecular flexibility index (Phi) is 9.95. The average Bonchev–Trinajstić information content (AvgIpc) is 3.55. The van der Waals surface area contributed by atoms with Crippen molar-refractivity contribution in [3.05, 3.63) is 61.6 Å². The molecule has 2 amide bonds. The van der Waals surface area contributed by atoms with Crippen LogP contribution in [0, 0.1) is 25.7 Å². The van der Waals surface area contributed by atoms with E-state index in [4.69, 9.17) is 0 Å². The van der Waals surface area contributed by atoms with Gasteiger partial charge in [0, 0.05) is 40.4 Å². The molecule has 2 aromatic heterocycles. The molecule has 2 saturated heterocycles. The Morgan fingerprint density at radius 3 is 2.43 bits per heavy atom. The molecular weight excluding hydrogens is 629 g/mol. The van der Waals surface area contributed by atoms with Gasteiger partial charge >= 0.3 is 11.9 Å². The topological polar surface area (TPSA) is 185 Å². The molecule has 13 heteroatoms. The van der Waals surface area contributed by atoms with Gasteiger partial charge in [0.15, 0.2) is 11.0 Å². The number of carbonyl (C=O) groups excluding carboxylic acids is 2. The van der Waals surface area contributed by atoms with Gasteiger partial charge in [0.05, 0.1) is 23.4 Å². The van der Waals surface area contributed by atoms with Crippen LogP contribution in [-0.2, 0) is 37.4 Å². The zero-order valence-electron chi connectivity index (χ0n) is 26.2. The van der Waals surface area contributed by atoms with E-state index in [1.807, 2.05) is 26.8 Å². The number of aliphatic hydroxyl groups excluding tert-OH is 1. The fourth-order valence-electron chi connectivity index (χ4n) is 6.74. The van der Waals surface area contributed by atoms with Crippen LogP contribution in [0.25, 0.3) is 18.2 Å². The number of nitrogens with one attached hydrogen (secondary N) is 4. The number of thiol groups is 2. The number of carboxylic acids is 2. The number of carbonyl (C=O) groups is 4. The van der Waals surface area contributed by atoms with Crippen LogP contribution in [0.1, 0.15) is 66.4 Å². The summed E-state index contributed by atoms with van der Waals surface area (Å²) in [5.41, 5.74) is 5.56. The third-order valence-electron chi connectivity index (χ3n) is 9.47. The third-order valence-corrected chi connectivity index (χ3v) is 10.7. The van der Waals surface area contributed by atoms with Crippen molar-refractivity contribution in [2.75, 3.05) is 11.5 Å². The van der Waals surface area contributed by atoms with E-state index in [1.165, 1.54) is 17.8 Å². The van der Waals surface area contributed by atoms with Crippen LogP contribution in [-0.4, -0.2) is 77.9 Å². The second kappa shape index (κ2) is 13.6. The summed E-state index contributed by atoms with van der Waals surface area (Å²) in [6.07, 6.45) is 5.88. The largest absolute Gasteiger partial charge is 0.481 e. The highest BCUT2D eigenvalue weighted by molar-refractivity contribution is 7.87. The van der Waals surface area contributed by atoms with E-state index in [1.54, 1.807) is 13.0 Å². The van der Waals surface area contributed by atoms with Gasteiger partial charge < -0.3 is 35.9 Å². The summed E-state index contributed by atoms with van der Waals surface area (Å²) >= 11 is 5.61. The molecule has 5 rings (SSSR count). The van der Waals surface area contributed by atoms with E-state index < -0.39 is 24.1 Å². The number of aromatic nitrogens is 2. The van der Waals surface area contributed by atoms with Crippen molar-refractivity contribution in [1.82, 2.24) is 20.6 Å². The number of H-pyrrole nitrogens is 2. The molecule has 3 aliphatic heterocycles. The number of amides is 2. The Morgan fingerprint density at radius 1 is 1.09 bits per heavy atom. The molecule has 2 aromatic rings. The average molecular weight is 670 g/mol. The number of hydrogen-bond donors (Lipinski definition) is 8. The molecule has 46 heavy (non-hydrogen) atoms. The lowest BCUT2D eigenvalue weighted by molar-refractivity contribution is -0.137. The maximum Gasteiger partial charge on any atom is 0.328 e. The second-order valence-electron chi connectivity index (χ2n) is 12.3. The van der Waals surface area contributed by atoms with Crippen molar-refractivity contribution in [2.45, 2.75) is 70.4 Å². The number of aliphatic carboxylic acids is 2. The molecule has 1 unspecified atom stereocenters. The zero-order valence-corrected chi connectivity index (χ0v) is 28.0. The van der Waals surface area contributed by atoms with Crippen LogP contribution in [0.15, 0.2) is 17.2 Å². The molecule has 7 N–H and O–H groups in total. The molecule has 0 aliphatic carbocycles. The lowest BCUT2D eigenvalue weighted by atomic mass is 9.85. The van der Waals surface area contributed by atoms with E-state index in [9.17, 15) is 34.5 Å². The predicted molar refractivity (Wildman–Crippen MR) is 181 cm³/mol. The van der Waals surface area contributed by atoms with Crippen LogP contribution in [0.2, 0.25) is 0 Å². The molecular formula is C33H41N4O7S2+. The van der Waals surface area contributed by atoms with Gasteiger partial charge in [-0.3, -0.25) is 14.4 Å². The van der Waals surface area contributed by atoms with E-state index in [0.717, 1.165) is 39.5 Å². The van der Waals surface area contributed by atoms with Gasteiger partial charge in [0.2, 0.25) is 5.91 Å². The fraction of sp³-hybridized carbons (Fsp3) is 0.455. The van der Waals surface area contributed by atoms with E-state index in [0.29, 0.717) is 40.0 Å². The van der Waals surface area contributed by atoms with E-state index >= 15 is 0 Å². The molecule has 2 fully saturated rings. The second-order valence-corrected chi connectivity index (χ2v) is 14.1. The van der Waals surface area contributed by atoms with Crippen LogP contribution in [0.3, 0.4) is 0 Å². The zero-order chi connectivity index (χ0) is 33.4. The van der Waals surface area contributed by atoms with Gasteiger partial charge in [-0.1, -0.05) is 6.92 Å². The molecule has 5 heterocycles. The molecule has 0 aromatic carbocycles. The van der Waals surface area contributed by atoms with Crippen molar-refractivity contribution < 1.29 is 34.5 Å². The predicted octanol–water partition coefficient (Wildman–Crippen LogP) is 0.800. The van der Waals surface area contributed by atoms with Gasteiger partial charge in [-0.25, -0.2) is 4.79 Å². The number of carboxylic acid groups (broad SMARTS) is 2. The van der Waals surface area contributed by atoms with Crippen LogP contribution >= 0.6 is 12.6 Å². The summed E-state index contributed by atoms with van der Waals surface area (Å²) in [7, 11) is 0. The number of aliphatic hydroxyl groups is 1. The van der Waals surface area contributed by atoms with Crippen LogP contribution in [0.5, 0.6) is 0 Å². The first-order valence-corrected chi connectivity index (χ1v) is 17.1. The maximum absolute atomic E-state index is 12.7. The standard InChI is InChI=1S/C33H40N4O7S2/c1-14-18(5-7-26(38)39)23(34-21(14)11-22-17(4)28(25-13-46-25)33(44)36-22)12-24-19(6-8-27(40)41)15(2)29(35-24)31(42)30-20(9-10-45)16(3)32(43)37-30/h6,8,11-12,16,20,22,25,30-31,34-35,42,45H,5,7,9-10,13H2,1-4H3,(H,36,44)(H,37,43)(H,38,39)(H,40,41)/p+1/b8-6+,21-11-,23-12+/t16-,20-,22-,25-,30?,31+/m1/s1. The van der Waals surface area contributed by atoms with Crippen molar-refractivity contribution in [1.29, 1.82) is 0 Å². The Balaban J connectivity index is 1.63. The van der Waals surface area contributed by atoms with Gasteiger partial charge in [0.1, 0.15) is 6.10 Å². The normalized spacial score (nSPS) is 25.9. The van der Waals surface area contributed by atoms with E-state index in [2.05, 4.69) is 33.2 Å².